The first-order chi connectivity index (χ1) is 7.24. The third-order valence-electron chi connectivity index (χ3n) is 2.82. The van der Waals surface area contributed by atoms with Gasteiger partial charge in [-0.15, -0.1) is 0 Å². The topological polar surface area (TPSA) is 78.5 Å². The molecule has 3 atom stereocenters. The highest BCUT2D eigenvalue weighted by Crippen LogP contribution is 2.25. The summed E-state index contributed by atoms with van der Waals surface area (Å²) in [6.07, 6.45) is 7.30. The molecule has 0 radical (unpaired) electrons. The fourth-order valence-electron chi connectivity index (χ4n) is 1.96. The van der Waals surface area contributed by atoms with Gasteiger partial charge in [0.25, 0.3) is 0 Å². The van der Waals surface area contributed by atoms with Crippen molar-refractivity contribution in [2.45, 2.75) is 12.1 Å². The summed E-state index contributed by atoms with van der Waals surface area (Å²) >= 11 is 0. The Hall–Kier alpha value is -1.10. The van der Waals surface area contributed by atoms with E-state index in [1.807, 2.05) is 24.3 Å². The molecule has 1 heterocycles. The molecule has 0 aromatic rings. The molecule has 15 heavy (non-hydrogen) atoms. The van der Waals surface area contributed by atoms with Crippen molar-refractivity contribution in [1.29, 1.82) is 0 Å². The van der Waals surface area contributed by atoms with Crippen LogP contribution in [0.25, 0.3) is 0 Å². The second-order valence-corrected chi connectivity index (χ2v) is 3.87. The van der Waals surface area contributed by atoms with E-state index in [0.717, 1.165) is 11.3 Å². The summed E-state index contributed by atoms with van der Waals surface area (Å²) in [5.41, 5.74) is 7.08. The van der Waals surface area contributed by atoms with Crippen molar-refractivity contribution < 1.29 is 10.2 Å². The second-order valence-electron chi connectivity index (χ2n) is 3.87. The summed E-state index contributed by atoms with van der Waals surface area (Å²) < 4.78 is 0. The zero-order valence-corrected chi connectivity index (χ0v) is 8.43. The lowest BCUT2D eigenvalue weighted by Gasteiger charge is -2.21. The van der Waals surface area contributed by atoms with E-state index in [9.17, 15) is 5.11 Å². The smallest absolute Gasteiger partial charge is 0.0909 e. The molecule has 1 aliphatic heterocycles. The normalized spacial score (nSPS) is 30.3. The Labute approximate surface area is 88.8 Å². The molecule has 0 fully saturated rings. The average molecular weight is 208 g/mol. The van der Waals surface area contributed by atoms with E-state index in [1.54, 1.807) is 0 Å². The van der Waals surface area contributed by atoms with Crippen molar-refractivity contribution in [1.82, 2.24) is 5.32 Å². The number of fused-ring (bicyclic) bond motifs is 1. The van der Waals surface area contributed by atoms with E-state index in [4.69, 9.17) is 10.8 Å². The van der Waals surface area contributed by atoms with Crippen molar-refractivity contribution in [2.24, 2.45) is 11.7 Å². The molecule has 0 saturated carbocycles. The largest absolute Gasteiger partial charge is 0.390 e. The van der Waals surface area contributed by atoms with Gasteiger partial charge in [0.2, 0.25) is 0 Å². The molecular formula is C11H16N2O2. The Bertz CT molecular complexity index is 333. The van der Waals surface area contributed by atoms with Crippen LogP contribution in [0.5, 0.6) is 0 Å². The number of aliphatic hydroxyl groups is 2. The molecule has 0 aromatic carbocycles. The lowest BCUT2D eigenvalue weighted by atomic mass is 9.91. The maximum absolute atomic E-state index is 9.59. The van der Waals surface area contributed by atoms with Gasteiger partial charge >= 0.3 is 0 Å². The van der Waals surface area contributed by atoms with Gasteiger partial charge in [-0.3, -0.25) is 0 Å². The first kappa shape index (κ1) is 10.4. The van der Waals surface area contributed by atoms with Gasteiger partial charge in [0, 0.05) is 18.2 Å². The molecule has 4 heteroatoms. The Morgan fingerprint density at radius 3 is 2.93 bits per heavy atom. The van der Waals surface area contributed by atoms with Gasteiger partial charge in [0.1, 0.15) is 0 Å². The lowest BCUT2D eigenvalue weighted by Crippen LogP contribution is -2.31. The van der Waals surface area contributed by atoms with Crippen LogP contribution in [-0.2, 0) is 0 Å². The molecule has 0 saturated heterocycles. The van der Waals surface area contributed by atoms with Crippen LogP contribution in [0.4, 0.5) is 0 Å². The highest BCUT2D eigenvalue weighted by atomic mass is 16.3. The van der Waals surface area contributed by atoms with E-state index in [0.29, 0.717) is 0 Å². The molecule has 1 aliphatic carbocycles. The van der Waals surface area contributed by atoms with Crippen molar-refractivity contribution >= 4 is 0 Å². The molecule has 0 aromatic heterocycles. The Morgan fingerprint density at radius 2 is 2.27 bits per heavy atom. The first-order valence-electron chi connectivity index (χ1n) is 5.10. The van der Waals surface area contributed by atoms with E-state index >= 15 is 0 Å². The van der Waals surface area contributed by atoms with Crippen molar-refractivity contribution in [3.8, 4) is 0 Å². The van der Waals surface area contributed by atoms with Crippen LogP contribution in [0, 0.1) is 5.92 Å². The average Bonchev–Trinajstić information content (AvgIpc) is 2.69. The van der Waals surface area contributed by atoms with Crippen molar-refractivity contribution in [2.75, 3.05) is 13.2 Å². The van der Waals surface area contributed by atoms with Crippen molar-refractivity contribution in [3.05, 3.63) is 35.6 Å². The standard InChI is InChI=1S/C11H16N2O2/c12-5-11(15)8-2-1-7-3-9(6-14)13-10(7)4-8/h1-4,7,10-11,13-15H,5-6,12H2. The van der Waals surface area contributed by atoms with Crippen LogP contribution in [0.2, 0.25) is 0 Å². The maximum Gasteiger partial charge on any atom is 0.0909 e. The number of nitrogens with two attached hydrogens (primary N) is 1. The number of nitrogens with one attached hydrogen (secondary N) is 1. The molecule has 0 bridgehead atoms. The van der Waals surface area contributed by atoms with Gasteiger partial charge in [-0.2, -0.15) is 0 Å². The molecule has 2 aliphatic rings. The summed E-state index contributed by atoms with van der Waals surface area (Å²) in [6.45, 7) is 0.261. The van der Waals surface area contributed by atoms with Crippen LogP contribution in [-0.4, -0.2) is 35.5 Å². The number of hydrogen-bond donors (Lipinski definition) is 4. The lowest BCUT2D eigenvalue weighted by molar-refractivity contribution is 0.221. The molecular weight excluding hydrogens is 192 g/mol. The third kappa shape index (κ3) is 1.97. The maximum atomic E-state index is 9.59. The van der Waals surface area contributed by atoms with Crippen LogP contribution in [0.3, 0.4) is 0 Å². The minimum absolute atomic E-state index is 0.0312. The molecule has 0 amide bonds. The Morgan fingerprint density at radius 1 is 1.47 bits per heavy atom. The van der Waals surface area contributed by atoms with Gasteiger partial charge in [0.15, 0.2) is 0 Å². The quantitative estimate of drug-likeness (QED) is 0.493. The van der Waals surface area contributed by atoms with E-state index in [2.05, 4.69) is 5.32 Å². The first-order valence-corrected chi connectivity index (χ1v) is 5.10. The van der Waals surface area contributed by atoms with Crippen LogP contribution >= 0.6 is 0 Å². The monoisotopic (exact) mass is 208 g/mol. The third-order valence-corrected chi connectivity index (χ3v) is 2.82. The highest BCUT2D eigenvalue weighted by molar-refractivity contribution is 5.36. The SMILES string of the molecule is NCC(O)C1=CC2NC(CO)=CC2C=C1. The number of rotatable bonds is 3. The molecule has 4 nitrogen and oxygen atoms in total. The van der Waals surface area contributed by atoms with Crippen LogP contribution < -0.4 is 11.1 Å². The van der Waals surface area contributed by atoms with Gasteiger partial charge < -0.3 is 21.3 Å². The Kier molecular flexibility index (Phi) is 2.90. The molecule has 2 rings (SSSR count). The summed E-state index contributed by atoms with van der Waals surface area (Å²) in [5, 5.41) is 21.8. The van der Waals surface area contributed by atoms with E-state index < -0.39 is 6.10 Å². The predicted octanol–water partition coefficient (Wildman–Crippen LogP) is -0.734. The summed E-state index contributed by atoms with van der Waals surface area (Å²) in [5.74, 6) is 0.279. The van der Waals surface area contributed by atoms with Gasteiger partial charge in [-0.1, -0.05) is 24.3 Å². The fraction of sp³-hybridized carbons (Fsp3) is 0.455. The minimum atomic E-state index is -0.595. The zero-order valence-electron chi connectivity index (χ0n) is 8.43. The van der Waals surface area contributed by atoms with Gasteiger partial charge in [-0.25, -0.2) is 0 Å². The summed E-state index contributed by atoms with van der Waals surface area (Å²) in [7, 11) is 0. The summed E-state index contributed by atoms with van der Waals surface area (Å²) in [4.78, 5) is 0. The summed E-state index contributed by atoms with van der Waals surface area (Å²) in [6, 6.07) is 0.147. The number of hydrogen-bond acceptors (Lipinski definition) is 4. The van der Waals surface area contributed by atoms with Gasteiger partial charge in [0.05, 0.1) is 18.8 Å². The molecule has 82 valence electrons. The van der Waals surface area contributed by atoms with E-state index in [1.165, 1.54) is 0 Å². The zero-order chi connectivity index (χ0) is 10.8. The minimum Gasteiger partial charge on any atom is -0.390 e. The van der Waals surface area contributed by atoms with Crippen LogP contribution in [0.15, 0.2) is 35.6 Å². The molecule has 0 spiro atoms. The molecule has 5 N–H and O–H groups in total. The highest BCUT2D eigenvalue weighted by Gasteiger charge is 2.26. The number of aliphatic hydroxyl groups excluding tert-OH is 2. The fourth-order valence-corrected chi connectivity index (χ4v) is 1.96. The van der Waals surface area contributed by atoms with Crippen LogP contribution in [0.1, 0.15) is 0 Å². The second kappa shape index (κ2) is 4.18. The predicted molar refractivity (Wildman–Crippen MR) is 57.9 cm³/mol. The molecule has 3 unspecified atom stereocenters. The van der Waals surface area contributed by atoms with E-state index in [-0.39, 0.29) is 25.1 Å². The van der Waals surface area contributed by atoms with Crippen molar-refractivity contribution in [3.63, 3.8) is 0 Å². The van der Waals surface area contributed by atoms with Gasteiger partial charge in [-0.05, 0) is 5.57 Å². The Balaban J connectivity index is 2.11.